The molecule has 0 aromatic rings. The second-order valence-electron chi connectivity index (χ2n) is 18.0. The molecule has 9 N–H and O–H groups in total. The maximum atomic E-state index is 13.1. The normalized spacial score (nSPS) is 27.9. The Bertz CT molecular complexity index is 1040. The molecule has 0 aromatic carbocycles. The van der Waals surface area contributed by atoms with Gasteiger partial charge < -0.3 is 65.1 Å². The number of hydrogen-bond donors (Lipinski definition) is 9. The minimum atomic E-state index is -1.78. The number of aliphatic hydroxyl groups is 8. The summed E-state index contributed by atoms with van der Waals surface area (Å²) in [5.74, 6) is -0.209. The molecule has 2 saturated heterocycles. The quantitative estimate of drug-likeness (QED) is 0.0334. The Hall–Kier alpha value is -1.01. The fourth-order valence-electron chi connectivity index (χ4n) is 8.47. The van der Waals surface area contributed by atoms with Crippen LogP contribution in [0.25, 0.3) is 0 Å². The lowest BCUT2D eigenvalue weighted by Gasteiger charge is -2.46. The summed E-state index contributed by atoms with van der Waals surface area (Å²) >= 11 is 0. The summed E-state index contributed by atoms with van der Waals surface area (Å²) in [6.07, 6.45) is 17.3. The van der Waals surface area contributed by atoms with E-state index in [0.29, 0.717) is 12.8 Å². The standard InChI is InChI=1S/C47H91NO13/c1-3-5-7-9-11-12-13-14-15-16-17-18-19-20-21-22-23-24-25-27-29-31-39(52)48-35(36(51)30-28-26-10-8-6-4-2)34-58-46-44(57)42(55)45(38(33-50)60-46)61-47-43(56)41(54)40(53)37(32-49)59-47/h35-38,40-47,49-51,53-57H,3-34H2,1-2H3,(H,48,52). The molecule has 0 aromatic heterocycles. The van der Waals surface area contributed by atoms with E-state index in [-0.39, 0.29) is 12.5 Å². The minimum Gasteiger partial charge on any atom is -0.394 e. The van der Waals surface area contributed by atoms with Crippen LogP contribution in [0.1, 0.15) is 200 Å². The topological polar surface area (TPSA) is 228 Å². The van der Waals surface area contributed by atoms with Crippen LogP contribution in [0.4, 0.5) is 0 Å². The van der Waals surface area contributed by atoms with Gasteiger partial charge in [0.1, 0.15) is 48.8 Å². The Morgan fingerprint density at radius 3 is 1.39 bits per heavy atom. The molecule has 2 heterocycles. The molecular formula is C47H91NO13. The minimum absolute atomic E-state index is 0.209. The second-order valence-corrected chi connectivity index (χ2v) is 18.0. The van der Waals surface area contributed by atoms with E-state index < -0.39 is 86.8 Å². The molecule has 14 heteroatoms. The summed E-state index contributed by atoms with van der Waals surface area (Å²) in [5, 5.41) is 86.4. The number of unbranched alkanes of at least 4 members (excludes halogenated alkanes) is 25. The molecule has 2 rings (SSSR count). The van der Waals surface area contributed by atoms with E-state index in [1.165, 1.54) is 109 Å². The van der Waals surface area contributed by atoms with Crippen molar-refractivity contribution in [2.75, 3.05) is 19.8 Å². The van der Waals surface area contributed by atoms with Crippen LogP contribution >= 0.6 is 0 Å². The highest BCUT2D eigenvalue weighted by Gasteiger charge is 2.51. The van der Waals surface area contributed by atoms with Crippen molar-refractivity contribution in [3.8, 4) is 0 Å². The summed E-state index contributed by atoms with van der Waals surface area (Å²) in [5.41, 5.74) is 0. The monoisotopic (exact) mass is 878 g/mol. The number of aliphatic hydroxyl groups excluding tert-OH is 8. The third-order valence-electron chi connectivity index (χ3n) is 12.6. The summed E-state index contributed by atoms with van der Waals surface area (Å²) in [6, 6.07) is -0.818. The molecule has 2 aliphatic heterocycles. The molecule has 0 radical (unpaired) electrons. The molecule has 2 aliphatic rings. The highest BCUT2D eigenvalue weighted by Crippen LogP contribution is 2.30. The van der Waals surface area contributed by atoms with Crippen LogP contribution in [0.2, 0.25) is 0 Å². The van der Waals surface area contributed by atoms with Crippen molar-refractivity contribution in [1.29, 1.82) is 0 Å². The van der Waals surface area contributed by atoms with Crippen molar-refractivity contribution in [3.05, 3.63) is 0 Å². The molecule has 0 saturated carbocycles. The Kier molecular flexibility index (Phi) is 32.5. The van der Waals surface area contributed by atoms with Gasteiger partial charge in [0.2, 0.25) is 5.91 Å². The van der Waals surface area contributed by atoms with Crippen LogP contribution in [0.5, 0.6) is 0 Å². The van der Waals surface area contributed by atoms with E-state index in [4.69, 9.17) is 18.9 Å². The van der Waals surface area contributed by atoms with Gasteiger partial charge in [-0.2, -0.15) is 0 Å². The smallest absolute Gasteiger partial charge is 0.220 e. The van der Waals surface area contributed by atoms with E-state index in [1.54, 1.807) is 0 Å². The van der Waals surface area contributed by atoms with Crippen molar-refractivity contribution in [3.63, 3.8) is 0 Å². The zero-order chi connectivity index (χ0) is 44.7. The number of amides is 1. The number of carbonyl (C=O) groups excluding carboxylic acids is 1. The average Bonchev–Trinajstić information content (AvgIpc) is 3.26. The van der Waals surface area contributed by atoms with Crippen molar-refractivity contribution in [2.24, 2.45) is 0 Å². The molecule has 2 fully saturated rings. The predicted molar refractivity (Wildman–Crippen MR) is 236 cm³/mol. The number of nitrogens with one attached hydrogen (secondary N) is 1. The van der Waals surface area contributed by atoms with E-state index in [0.717, 1.165) is 64.2 Å². The molecule has 12 unspecified atom stereocenters. The highest BCUT2D eigenvalue weighted by molar-refractivity contribution is 5.76. The zero-order valence-electron chi connectivity index (χ0n) is 38.2. The van der Waals surface area contributed by atoms with Gasteiger partial charge in [0.25, 0.3) is 0 Å². The van der Waals surface area contributed by atoms with E-state index >= 15 is 0 Å². The average molecular weight is 878 g/mol. The van der Waals surface area contributed by atoms with Crippen LogP contribution in [-0.2, 0) is 23.7 Å². The van der Waals surface area contributed by atoms with Gasteiger partial charge in [0, 0.05) is 6.42 Å². The summed E-state index contributed by atoms with van der Waals surface area (Å²) < 4.78 is 22.6. The third kappa shape index (κ3) is 23.1. The van der Waals surface area contributed by atoms with Gasteiger partial charge in [-0.3, -0.25) is 4.79 Å². The van der Waals surface area contributed by atoms with Crippen LogP contribution in [0.15, 0.2) is 0 Å². The lowest BCUT2D eigenvalue weighted by Crippen LogP contribution is -2.65. The first-order valence-corrected chi connectivity index (χ1v) is 24.8. The van der Waals surface area contributed by atoms with Crippen LogP contribution in [-0.4, -0.2) is 140 Å². The van der Waals surface area contributed by atoms with Gasteiger partial charge in [-0.25, -0.2) is 0 Å². The van der Waals surface area contributed by atoms with Crippen LogP contribution in [0.3, 0.4) is 0 Å². The van der Waals surface area contributed by atoms with Gasteiger partial charge in [0.05, 0.1) is 32.0 Å². The summed E-state index contributed by atoms with van der Waals surface area (Å²) in [6.45, 7) is 2.78. The highest BCUT2D eigenvalue weighted by atomic mass is 16.7. The largest absolute Gasteiger partial charge is 0.394 e. The molecule has 1 amide bonds. The zero-order valence-corrected chi connectivity index (χ0v) is 38.2. The lowest BCUT2D eigenvalue weighted by atomic mass is 9.97. The van der Waals surface area contributed by atoms with E-state index in [9.17, 15) is 45.6 Å². The van der Waals surface area contributed by atoms with Gasteiger partial charge in [-0.1, -0.05) is 181 Å². The Balaban J connectivity index is 1.71. The third-order valence-corrected chi connectivity index (χ3v) is 12.6. The lowest BCUT2D eigenvalue weighted by molar-refractivity contribution is -0.359. The second kappa shape index (κ2) is 35.3. The number of hydrogen-bond acceptors (Lipinski definition) is 13. The number of carbonyl (C=O) groups is 1. The summed E-state index contributed by atoms with van der Waals surface area (Å²) in [7, 11) is 0. The van der Waals surface area contributed by atoms with Crippen molar-refractivity contribution < 1.29 is 64.6 Å². The number of rotatable bonds is 38. The van der Waals surface area contributed by atoms with Crippen LogP contribution < -0.4 is 5.32 Å². The molecular weight excluding hydrogens is 787 g/mol. The first-order valence-electron chi connectivity index (χ1n) is 24.8. The van der Waals surface area contributed by atoms with Gasteiger partial charge >= 0.3 is 0 Å². The molecule has 61 heavy (non-hydrogen) atoms. The molecule has 362 valence electrons. The predicted octanol–water partition coefficient (Wildman–Crippen LogP) is 5.83. The molecule has 14 nitrogen and oxygen atoms in total. The fraction of sp³-hybridized carbons (Fsp3) is 0.979. The molecule has 0 bridgehead atoms. The number of ether oxygens (including phenoxy) is 4. The molecule has 0 aliphatic carbocycles. The first-order chi connectivity index (χ1) is 29.6. The summed E-state index contributed by atoms with van der Waals surface area (Å²) in [4.78, 5) is 13.1. The van der Waals surface area contributed by atoms with Crippen molar-refractivity contribution in [1.82, 2.24) is 5.32 Å². The molecule has 0 spiro atoms. The molecule has 12 atom stereocenters. The van der Waals surface area contributed by atoms with E-state index in [1.807, 2.05) is 0 Å². The maximum absolute atomic E-state index is 13.1. The Labute approximate surface area is 368 Å². The Morgan fingerprint density at radius 1 is 0.525 bits per heavy atom. The van der Waals surface area contributed by atoms with E-state index in [2.05, 4.69) is 19.2 Å². The van der Waals surface area contributed by atoms with Gasteiger partial charge in [-0.15, -0.1) is 0 Å². The van der Waals surface area contributed by atoms with Crippen molar-refractivity contribution >= 4 is 5.91 Å². The maximum Gasteiger partial charge on any atom is 0.220 e. The van der Waals surface area contributed by atoms with Gasteiger partial charge in [0.15, 0.2) is 12.6 Å². The first kappa shape index (κ1) is 56.1. The Morgan fingerprint density at radius 2 is 0.934 bits per heavy atom. The fourth-order valence-corrected chi connectivity index (χ4v) is 8.47. The SMILES string of the molecule is CCCCCCCCCCCCCCCCCCCCCCCC(=O)NC(COC1OC(CO)C(OC2OC(CO)C(O)C(O)C2O)C(O)C1O)C(O)CCCCCCCC. The van der Waals surface area contributed by atoms with Gasteiger partial charge in [-0.05, 0) is 12.8 Å². The van der Waals surface area contributed by atoms with Crippen molar-refractivity contribution in [2.45, 2.75) is 274 Å². The van der Waals surface area contributed by atoms with Crippen LogP contribution in [0, 0.1) is 0 Å².